The van der Waals surface area contributed by atoms with Gasteiger partial charge in [-0.3, -0.25) is 9.59 Å². The Hall–Kier alpha value is -3.36. The number of ketones is 2. The molecule has 2 atom stereocenters. The molecule has 0 aromatic heterocycles. The highest BCUT2D eigenvalue weighted by Crippen LogP contribution is 2.60. The minimum absolute atomic E-state index is 0.0406. The predicted molar refractivity (Wildman–Crippen MR) is 114 cm³/mol. The third kappa shape index (κ3) is 2.23. The van der Waals surface area contributed by atoms with Crippen molar-refractivity contribution in [2.45, 2.75) is 30.6 Å². The molecule has 2 aliphatic carbocycles. The van der Waals surface area contributed by atoms with Crippen LogP contribution in [0.25, 0.3) is 0 Å². The van der Waals surface area contributed by atoms with Crippen LogP contribution in [0.5, 0.6) is 17.2 Å². The number of fused-ring (bicyclic) bond motifs is 4. The number of methoxy groups -OCH3 is 3. The molecule has 0 saturated carbocycles. The Labute approximate surface area is 184 Å². The molecule has 0 unspecified atom stereocenters. The Morgan fingerprint density at radius 1 is 0.938 bits per heavy atom. The van der Waals surface area contributed by atoms with Gasteiger partial charge in [0, 0.05) is 35.4 Å². The number of aliphatic hydroxyl groups is 2. The Bertz CT molecular complexity index is 1180. The molecule has 0 fully saturated rings. The Balaban J connectivity index is 1.85. The summed E-state index contributed by atoms with van der Waals surface area (Å²) in [5.41, 5.74) is -3.42. The number of hydrogen-bond donors (Lipinski definition) is 2. The van der Waals surface area contributed by atoms with E-state index in [9.17, 15) is 19.8 Å². The van der Waals surface area contributed by atoms with Gasteiger partial charge in [0.25, 0.3) is 0 Å². The van der Waals surface area contributed by atoms with Crippen molar-refractivity contribution in [2.75, 3.05) is 26.2 Å². The van der Waals surface area contributed by atoms with E-state index in [4.69, 9.17) is 14.2 Å². The van der Waals surface area contributed by atoms with E-state index in [1.807, 2.05) is 0 Å². The summed E-state index contributed by atoms with van der Waals surface area (Å²) >= 11 is 0. The van der Waals surface area contributed by atoms with E-state index < -0.39 is 17.1 Å². The van der Waals surface area contributed by atoms with Gasteiger partial charge in [-0.2, -0.15) is 0 Å². The highest BCUT2D eigenvalue weighted by Gasteiger charge is 2.73. The van der Waals surface area contributed by atoms with Crippen LogP contribution in [0.4, 0.5) is 5.69 Å². The number of ether oxygens (including phenoxy) is 3. The molecule has 0 radical (unpaired) electrons. The Morgan fingerprint density at radius 3 is 2.22 bits per heavy atom. The molecule has 166 valence electrons. The van der Waals surface area contributed by atoms with Gasteiger partial charge in [0.1, 0.15) is 0 Å². The number of nitrogens with zero attached hydrogens (tertiary/aromatic N) is 1. The SMILES string of the molecule is COc1cc(N2C3=C(C(=O)CCC3)[C@]3(O)C(=O)c4ccccc4[C@]23O)cc(OC)c1OC. The fourth-order valence-corrected chi connectivity index (χ4v) is 5.30. The summed E-state index contributed by atoms with van der Waals surface area (Å²) in [6.07, 6.45) is 1.16. The summed E-state index contributed by atoms with van der Waals surface area (Å²) in [5.74, 6) is -0.000784. The number of anilines is 1. The maximum absolute atomic E-state index is 13.4. The number of Topliss-reactive ketones (excluding diaryl/α,β-unsaturated/α-hetero) is 2. The number of carbonyl (C=O) groups excluding carboxylic acids is 2. The van der Waals surface area contributed by atoms with Crippen molar-refractivity contribution in [3.63, 3.8) is 0 Å². The van der Waals surface area contributed by atoms with Crippen molar-refractivity contribution in [1.82, 2.24) is 0 Å². The van der Waals surface area contributed by atoms with E-state index in [2.05, 4.69) is 0 Å². The van der Waals surface area contributed by atoms with Crippen LogP contribution >= 0.6 is 0 Å². The third-order valence-corrected chi connectivity index (χ3v) is 6.63. The predicted octanol–water partition coefficient (Wildman–Crippen LogP) is 2.31. The molecule has 2 aromatic carbocycles. The molecule has 2 aromatic rings. The lowest BCUT2D eigenvalue weighted by molar-refractivity contribution is -0.123. The van der Waals surface area contributed by atoms with E-state index >= 15 is 0 Å². The fraction of sp³-hybridized carbons (Fsp3) is 0.333. The highest BCUT2D eigenvalue weighted by molar-refractivity contribution is 6.19. The van der Waals surface area contributed by atoms with Gasteiger partial charge in [-0.1, -0.05) is 24.3 Å². The molecule has 5 rings (SSSR count). The second kappa shape index (κ2) is 6.82. The second-order valence-corrected chi connectivity index (χ2v) is 8.07. The van der Waals surface area contributed by atoms with Gasteiger partial charge in [0.05, 0.1) is 32.6 Å². The van der Waals surface area contributed by atoms with Crippen LogP contribution in [0, 0.1) is 0 Å². The summed E-state index contributed by atoms with van der Waals surface area (Å²) in [6, 6.07) is 9.74. The van der Waals surface area contributed by atoms with Crippen LogP contribution in [-0.2, 0) is 10.5 Å². The van der Waals surface area contributed by atoms with Crippen molar-refractivity contribution in [1.29, 1.82) is 0 Å². The van der Waals surface area contributed by atoms with Crippen molar-refractivity contribution >= 4 is 17.3 Å². The molecule has 8 nitrogen and oxygen atoms in total. The van der Waals surface area contributed by atoms with E-state index in [1.165, 1.54) is 26.2 Å². The first-order chi connectivity index (χ1) is 15.3. The standard InChI is InChI=1S/C24H23NO7/c1-30-18-11-13(12-19(31-2)21(18)32-3)25-16-9-6-10-17(26)20(16)23(28)22(27)14-7-4-5-8-15(14)24(23,25)29/h4-5,7-8,11-12,28-29H,6,9-10H2,1-3H3/t23-,24+/m0/s1. The summed E-state index contributed by atoms with van der Waals surface area (Å²) in [6.45, 7) is 0. The van der Waals surface area contributed by atoms with Crippen LogP contribution in [0.2, 0.25) is 0 Å². The summed E-state index contributed by atoms with van der Waals surface area (Å²) in [5, 5.41) is 24.0. The average molecular weight is 437 g/mol. The highest BCUT2D eigenvalue weighted by atomic mass is 16.5. The first kappa shape index (κ1) is 20.5. The van der Waals surface area contributed by atoms with Crippen LogP contribution in [0.1, 0.15) is 35.2 Å². The zero-order valence-corrected chi connectivity index (χ0v) is 18.0. The molecule has 0 bridgehead atoms. The summed E-state index contributed by atoms with van der Waals surface area (Å²) < 4.78 is 16.3. The fourth-order valence-electron chi connectivity index (χ4n) is 5.30. The topological polar surface area (TPSA) is 106 Å². The zero-order chi connectivity index (χ0) is 22.8. The van der Waals surface area contributed by atoms with Gasteiger partial charge in [-0.05, 0) is 12.8 Å². The van der Waals surface area contributed by atoms with E-state index in [0.717, 1.165) is 0 Å². The number of hydrogen-bond acceptors (Lipinski definition) is 8. The smallest absolute Gasteiger partial charge is 0.211 e. The zero-order valence-electron chi connectivity index (χ0n) is 18.0. The van der Waals surface area contributed by atoms with Crippen molar-refractivity contribution < 1.29 is 34.0 Å². The van der Waals surface area contributed by atoms with Crippen LogP contribution in [0.15, 0.2) is 47.7 Å². The van der Waals surface area contributed by atoms with Crippen LogP contribution in [-0.4, -0.2) is 48.7 Å². The van der Waals surface area contributed by atoms with Crippen molar-refractivity contribution in [3.05, 3.63) is 58.8 Å². The number of rotatable bonds is 4. The van der Waals surface area contributed by atoms with Gasteiger partial charge in [0.2, 0.25) is 22.9 Å². The van der Waals surface area contributed by atoms with Gasteiger partial charge in [-0.25, -0.2) is 0 Å². The average Bonchev–Trinajstić information content (AvgIpc) is 3.12. The molecule has 0 saturated heterocycles. The third-order valence-electron chi connectivity index (χ3n) is 6.63. The molecule has 32 heavy (non-hydrogen) atoms. The quantitative estimate of drug-likeness (QED) is 0.751. The lowest BCUT2D eigenvalue weighted by atomic mass is 9.80. The summed E-state index contributed by atoms with van der Waals surface area (Å²) in [7, 11) is 4.42. The van der Waals surface area contributed by atoms with Gasteiger partial charge in [0.15, 0.2) is 17.3 Å². The van der Waals surface area contributed by atoms with Crippen LogP contribution < -0.4 is 19.1 Å². The normalized spacial score (nSPS) is 26.1. The maximum atomic E-state index is 13.4. The first-order valence-corrected chi connectivity index (χ1v) is 10.3. The molecule has 0 spiro atoms. The minimum Gasteiger partial charge on any atom is -0.493 e. The Morgan fingerprint density at radius 2 is 1.59 bits per heavy atom. The monoisotopic (exact) mass is 437 g/mol. The van der Waals surface area contributed by atoms with Crippen molar-refractivity contribution in [3.8, 4) is 17.2 Å². The van der Waals surface area contributed by atoms with Crippen LogP contribution in [0.3, 0.4) is 0 Å². The molecule has 1 aliphatic heterocycles. The van der Waals surface area contributed by atoms with Gasteiger partial charge < -0.3 is 29.3 Å². The molecular weight excluding hydrogens is 414 g/mol. The number of allylic oxidation sites excluding steroid dienone is 1. The maximum Gasteiger partial charge on any atom is 0.211 e. The molecular formula is C24H23NO7. The molecule has 3 aliphatic rings. The number of benzene rings is 2. The van der Waals surface area contributed by atoms with E-state index in [-0.39, 0.29) is 28.9 Å². The van der Waals surface area contributed by atoms with Gasteiger partial charge in [-0.15, -0.1) is 0 Å². The minimum atomic E-state index is -2.41. The van der Waals surface area contributed by atoms with E-state index in [1.54, 1.807) is 36.4 Å². The summed E-state index contributed by atoms with van der Waals surface area (Å²) in [4.78, 5) is 27.9. The van der Waals surface area contributed by atoms with Crippen molar-refractivity contribution in [2.24, 2.45) is 0 Å². The molecule has 8 heteroatoms. The molecule has 1 heterocycles. The second-order valence-electron chi connectivity index (χ2n) is 8.07. The van der Waals surface area contributed by atoms with E-state index in [0.29, 0.717) is 41.5 Å². The molecule has 2 N–H and O–H groups in total. The Kier molecular flexibility index (Phi) is 4.38. The molecule has 0 amide bonds. The van der Waals surface area contributed by atoms with Gasteiger partial charge >= 0.3 is 0 Å². The number of carbonyl (C=O) groups is 2. The first-order valence-electron chi connectivity index (χ1n) is 10.3. The lowest BCUT2D eigenvalue weighted by Gasteiger charge is -2.40. The lowest BCUT2D eigenvalue weighted by Crippen LogP contribution is -2.58. The largest absolute Gasteiger partial charge is 0.493 e.